The van der Waals surface area contributed by atoms with Crippen molar-refractivity contribution in [3.63, 3.8) is 0 Å². The first-order chi connectivity index (χ1) is 9.60. The predicted molar refractivity (Wildman–Crippen MR) is 81.4 cm³/mol. The van der Waals surface area contributed by atoms with Gasteiger partial charge in [-0.3, -0.25) is 4.99 Å². The van der Waals surface area contributed by atoms with Crippen LogP contribution in [0.5, 0.6) is 0 Å². The summed E-state index contributed by atoms with van der Waals surface area (Å²) in [6.45, 7) is 7.55. The van der Waals surface area contributed by atoms with Crippen LogP contribution in [0.15, 0.2) is 23.2 Å². The number of aliphatic imine (C=N–C) groups is 1. The highest BCUT2D eigenvalue weighted by Crippen LogP contribution is 2.28. The molecule has 110 valence electrons. The number of guanidine groups is 1. The minimum atomic E-state index is -0.156. The zero-order valence-corrected chi connectivity index (χ0v) is 12.5. The van der Waals surface area contributed by atoms with Crippen LogP contribution in [0.25, 0.3) is 0 Å². The van der Waals surface area contributed by atoms with Crippen LogP contribution in [-0.2, 0) is 0 Å². The number of benzene rings is 1. The Morgan fingerprint density at radius 2 is 2.20 bits per heavy atom. The molecule has 1 aliphatic rings. The van der Waals surface area contributed by atoms with E-state index in [-0.39, 0.29) is 11.9 Å². The second-order valence-electron chi connectivity index (χ2n) is 5.54. The Morgan fingerprint density at radius 3 is 2.80 bits per heavy atom. The molecular weight excluding hydrogens is 253 g/mol. The van der Waals surface area contributed by atoms with Gasteiger partial charge in [0.1, 0.15) is 5.82 Å². The molecule has 1 aromatic carbocycles. The van der Waals surface area contributed by atoms with E-state index in [1.807, 2.05) is 26.0 Å². The third kappa shape index (κ3) is 4.22. The number of hydrogen-bond donors (Lipinski definition) is 2. The van der Waals surface area contributed by atoms with Crippen molar-refractivity contribution in [2.75, 3.05) is 13.1 Å². The van der Waals surface area contributed by atoms with Gasteiger partial charge in [-0.2, -0.15) is 0 Å². The summed E-state index contributed by atoms with van der Waals surface area (Å²) in [7, 11) is 0. The molecule has 2 N–H and O–H groups in total. The fourth-order valence-electron chi connectivity index (χ4n) is 2.01. The lowest BCUT2D eigenvalue weighted by molar-refractivity contribution is 0.607. The molecule has 0 spiro atoms. The first kappa shape index (κ1) is 14.8. The van der Waals surface area contributed by atoms with E-state index in [4.69, 9.17) is 0 Å². The van der Waals surface area contributed by atoms with Gasteiger partial charge in [-0.15, -0.1) is 0 Å². The van der Waals surface area contributed by atoms with Crippen molar-refractivity contribution in [2.45, 2.75) is 39.7 Å². The molecule has 3 nitrogen and oxygen atoms in total. The maximum absolute atomic E-state index is 13.6. The van der Waals surface area contributed by atoms with Gasteiger partial charge in [0.15, 0.2) is 5.96 Å². The van der Waals surface area contributed by atoms with Crippen molar-refractivity contribution in [1.82, 2.24) is 10.6 Å². The van der Waals surface area contributed by atoms with E-state index >= 15 is 0 Å². The summed E-state index contributed by atoms with van der Waals surface area (Å²) in [5.41, 5.74) is 1.61. The Balaban J connectivity index is 2.00. The van der Waals surface area contributed by atoms with Crippen LogP contribution in [0.3, 0.4) is 0 Å². The first-order valence-corrected chi connectivity index (χ1v) is 7.41. The molecule has 0 amide bonds. The van der Waals surface area contributed by atoms with Crippen molar-refractivity contribution in [1.29, 1.82) is 0 Å². The summed E-state index contributed by atoms with van der Waals surface area (Å²) in [5, 5.41) is 6.57. The van der Waals surface area contributed by atoms with Crippen molar-refractivity contribution >= 4 is 5.96 Å². The number of halogens is 1. The second-order valence-corrected chi connectivity index (χ2v) is 5.54. The van der Waals surface area contributed by atoms with Gasteiger partial charge in [0.25, 0.3) is 0 Å². The van der Waals surface area contributed by atoms with E-state index in [1.165, 1.54) is 12.8 Å². The zero-order chi connectivity index (χ0) is 14.5. The smallest absolute Gasteiger partial charge is 0.191 e. The van der Waals surface area contributed by atoms with Crippen LogP contribution in [0.4, 0.5) is 4.39 Å². The Kier molecular flexibility index (Phi) is 4.99. The molecule has 1 aromatic rings. The number of nitrogens with zero attached hydrogens (tertiary/aromatic N) is 1. The van der Waals surface area contributed by atoms with Gasteiger partial charge < -0.3 is 10.6 Å². The molecule has 1 saturated carbocycles. The zero-order valence-electron chi connectivity index (χ0n) is 12.5. The largest absolute Gasteiger partial charge is 0.357 e. The minimum absolute atomic E-state index is 0.0297. The minimum Gasteiger partial charge on any atom is -0.357 e. The maximum atomic E-state index is 13.6. The summed E-state index contributed by atoms with van der Waals surface area (Å²) >= 11 is 0. The van der Waals surface area contributed by atoms with Gasteiger partial charge in [0, 0.05) is 13.1 Å². The van der Waals surface area contributed by atoms with Gasteiger partial charge in [0.2, 0.25) is 0 Å². The molecule has 1 aliphatic carbocycles. The Morgan fingerprint density at radius 1 is 1.45 bits per heavy atom. The first-order valence-electron chi connectivity index (χ1n) is 7.41. The van der Waals surface area contributed by atoms with Gasteiger partial charge in [0.05, 0.1) is 6.04 Å². The molecule has 0 aromatic heterocycles. The molecule has 20 heavy (non-hydrogen) atoms. The van der Waals surface area contributed by atoms with E-state index in [9.17, 15) is 4.39 Å². The Hall–Kier alpha value is -1.58. The maximum Gasteiger partial charge on any atom is 0.191 e. The van der Waals surface area contributed by atoms with Crippen LogP contribution in [-0.4, -0.2) is 19.0 Å². The van der Waals surface area contributed by atoms with Gasteiger partial charge in [-0.25, -0.2) is 4.39 Å². The van der Waals surface area contributed by atoms with Crippen LogP contribution >= 0.6 is 0 Å². The third-order valence-electron chi connectivity index (χ3n) is 3.60. The molecular formula is C16H24FN3. The van der Waals surface area contributed by atoms with Crippen LogP contribution in [0, 0.1) is 18.7 Å². The van der Waals surface area contributed by atoms with E-state index in [1.54, 1.807) is 13.0 Å². The van der Waals surface area contributed by atoms with E-state index < -0.39 is 0 Å². The van der Waals surface area contributed by atoms with E-state index in [2.05, 4.69) is 15.6 Å². The average molecular weight is 277 g/mol. The highest BCUT2D eigenvalue weighted by molar-refractivity contribution is 5.80. The van der Waals surface area contributed by atoms with Crippen molar-refractivity contribution in [2.24, 2.45) is 10.9 Å². The number of rotatable bonds is 5. The fourth-order valence-corrected chi connectivity index (χ4v) is 2.01. The van der Waals surface area contributed by atoms with Crippen LogP contribution in [0.2, 0.25) is 0 Å². The Bertz CT molecular complexity index is 481. The summed E-state index contributed by atoms with van der Waals surface area (Å²) in [6, 6.07) is 5.40. The third-order valence-corrected chi connectivity index (χ3v) is 3.60. The molecule has 0 saturated heterocycles. The Labute approximate surface area is 120 Å². The molecule has 0 bridgehead atoms. The molecule has 4 heteroatoms. The lowest BCUT2D eigenvalue weighted by Crippen LogP contribution is -2.38. The summed E-state index contributed by atoms with van der Waals surface area (Å²) in [5.74, 6) is 1.42. The number of nitrogens with one attached hydrogen (secondary N) is 2. The number of aryl methyl sites for hydroxylation is 1. The summed E-state index contributed by atoms with van der Waals surface area (Å²) in [4.78, 5) is 4.58. The number of hydrogen-bond acceptors (Lipinski definition) is 1. The molecule has 2 rings (SSSR count). The lowest BCUT2D eigenvalue weighted by Gasteiger charge is -2.18. The normalized spacial score (nSPS) is 16.9. The predicted octanol–water partition coefficient (Wildman–Crippen LogP) is 3.16. The topological polar surface area (TPSA) is 36.4 Å². The molecule has 0 aliphatic heterocycles. The van der Waals surface area contributed by atoms with Crippen molar-refractivity contribution < 1.29 is 4.39 Å². The van der Waals surface area contributed by atoms with Crippen LogP contribution < -0.4 is 10.6 Å². The molecule has 1 fully saturated rings. The quantitative estimate of drug-likeness (QED) is 0.640. The van der Waals surface area contributed by atoms with E-state index in [0.29, 0.717) is 5.56 Å². The standard InChI is InChI=1S/C16H24FN3/c1-4-18-16(19-10-13-6-7-13)20-12(3)14-8-5-11(2)15(17)9-14/h5,8-9,12-13H,4,6-7,10H2,1-3H3,(H2,18,19,20). The van der Waals surface area contributed by atoms with E-state index in [0.717, 1.165) is 30.5 Å². The molecule has 1 atom stereocenters. The summed E-state index contributed by atoms with van der Waals surface area (Å²) in [6.07, 6.45) is 2.59. The second kappa shape index (κ2) is 6.73. The average Bonchev–Trinajstić information content (AvgIpc) is 3.23. The molecule has 0 radical (unpaired) electrons. The van der Waals surface area contributed by atoms with Crippen LogP contribution in [0.1, 0.15) is 43.9 Å². The highest BCUT2D eigenvalue weighted by Gasteiger charge is 2.20. The highest BCUT2D eigenvalue weighted by atomic mass is 19.1. The van der Waals surface area contributed by atoms with Crippen molar-refractivity contribution in [3.8, 4) is 0 Å². The molecule has 1 unspecified atom stereocenters. The molecule has 0 heterocycles. The van der Waals surface area contributed by atoms with Gasteiger partial charge in [-0.1, -0.05) is 12.1 Å². The van der Waals surface area contributed by atoms with Crippen molar-refractivity contribution in [3.05, 3.63) is 35.1 Å². The summed E-state index contributed by atoms with van der Waals surface area (Å²) < 4.78 is 13.6. The monoisotopic (exact) mass is 277 g/mol. The van der Waals surface area contributed by atoms with Gasteiger partial charge in [-0.05, 0) is 56.7 Å². The fraction of sp³-hybridized carbons (Fsp3) is 0.562. The van der Waals surface area contributed by atoms with Gasteiger partial charge >= 0.3 is 0 Å². The SMILES string of the molecule is CCNC(=NCC1CC1)NC(C)c1ccc(C)c(F)c1. The lowest BCUT2D eigenvalue weighted by atomic mass is 10.1.